The van der Waals surface area contributed by atoms with Crippen LogP contribution in [0.1, 0.15) is 36.7 Å². The molecule has 0 aliphatic carbocycles. The maximum Gasteiger partial charge on any atom is 0.253 e. The minimum atomic E-state index is -0.196. The molecule has 3 N–H and O–H groups in total. The van der Waals surface area contributed by atoms with E-state index in [0.717, 1.165) is 11.3 Å². The van der Waals surface area contributed by atoms with Gasteiger partial charge in [-0.3, -0.25) is 9.59 Å². The summed E-state index contributed by atoms with van der Waals surface area (Å²) in [4.78, 5) is 26.6. The molecule has 2 aromatic carbocycles. The molecule has 0 spiro atoms. The first-order valence-electron chi connectivity index (χ1n) is 9.18. The first-order valence-corrected chi connectivity index (χ1v) is 9.18. The van der Waals surface area contributed by atoms with Crippen LogP contribution in [0.5, 0.6) is 5.75 Å². The quantitative estimate of drug-likeness (QED) is 0.699. The molecule has 2 rings (SSSR count). The van der Waals surface area contributed by atoms with Crippen molar-refractivity contribution >= 4 is 23.2 Å². The van der Waals surface area contributed by atoms with Crippen molar-refractivity contribution in [3.8, 4) is 5.75 Å². The van der Waals surface area contributed by atoms with Crippen LogP contribution in [0.4, 0.5) is 11.4 Å². The van der Waals surface area contributed by atoms with Gasteiger partial charge in [-0.05, 0) is 56.7 Å². The van der Waals surface area contributed by atoms with Crippen molar-refractivity contribution in [3.63, 3.8) is 0 Å². The summed E-state index contributed by atoms with van der Waals surface area (Å²) in [5.74, 6) is 0.494. The number of amides is 2. The number of carbonyl (C=O) groups excluding carboxylic acids is 2. The number of carbonyl (C=O) groups is 2. The predicted octanol–water partition coefficient (Wildman–Crippen LogP) is 3.33. The summed E-state index contributed by atoms with van der Waals surface area (Å²) in [6, 6.07) is 12.3. The number of hydrogen-bond acceptors (Lipinski definition) is 4. The van der Waals surface area contributed by atoms with Crippen molar-refractivity contribution in [3.05, 3.63) is 53.6 Å². The zero-order valence-corrected chi connectivity index (χ0v) is 16.1. The summed E-state index contributed by atoms with van der Waals surface area (Å²) in [7, 11) is 0. The van der Waals surface area contributed by atoms with Gasteiger partial charge in [0.05, 0.1) is 24.4 Å². The van der Waals surface area contributed by atoms with Gasteiger partial charge < -0.3 is 20.7 Å². The monoisotopic (exact) mass is 369 g/mol. The molecular weight excluding hydrogens is 342 g/mol. The Morgan fingerprint density at radius 2 is 1.70 bits per heavy atom. The Balaban J connectivity index is 2.08. The lowest BCUT2D eigenvalue weighted by atomic mass is 10.1. The Labute approximate surface area is 160 Å². The van der Waals surface area contributed by atoms with Crippen LogP contribution in [0.25, 0.3) is 0 Å². The van der Waals surface area contributed by atoms with Gasteiger partial charge in [0.2, 0.25) is 5.91 Å². The second-order valence-corrected chi connectivity index (χ2v) is 6.08. The van der Waals surface area contributed by atoms with E-state index in [0.29, 0.717) is 36.6 Å². The van der Waals surface area contributed by atoms with E-state index >= 15 is 0 Å². The van der Waals surface area contributed by atoms with Gasteiger partial charge in [-0.1, -0.05) is 12.1 Å². The van der Waals surface area contributed by atoms with E-state index < -0.39 is 0 Å². The van der Waals surface area contributed by atoms with Gasteiger partial charge in [0.25, 0.3) is 5.91 Å². The SMILES string of the molecule is CCOc1ccc(CC(=O)Nc2cc(C(=O)N(CC)CC)ccc2N)cc1. The lowest BCUT2D eigenvalue weighted by molar-refractivity contribution is -0.115. The van der Waals surface area contributed by atoms with Gasteiger partial charge in [0, 0.05) is 18.7 Å². The summed E-state index contributed by atoms with van der Waals surface area (Å²) in [5, 5.41) is 2.80. The number of rotatable bonds is 8. The number of anilines is 2. The van der Waals surface area contributed by atoms with Gasteiger partial charge in [-0.15, -0.1) is 0 Å². The van der Waals surface area contributed by atoms with Crippen molar-refractivity contribution in [1.82, 2.24) is 4.90 Å². The standard InChI is InChI=1S/C21H27N3O3/c1-4-24(5-2)21(26)16-9-12-18(22)19(14-16)23-20(25)13-15-7-10-17(11-8-15)27-6-3/h7-12,14H,4-6,13,22H2,1-3H3,(H,23,25). The van der Waals surface area contributed by atoms with Gasteiger partial charge in [0.15, 0.2) is 0 Å². The highest BCUT2D eigenvalue weighted by atomic mass is 16.5. The molecule has 0 aliphatic heterocycles. The highest BCUT2D eigenvalue weighted by Gasteiger charge is 2.15. The summed E-state index contributed by atoms with van der Waals surface area (Å²) in [6.45, 7) is 7.63. The fraction of sp³-hybridized carbons (Fsp3) is 0.333. The summed E-state index contributed by atoms with van der Waals surface area (Å²) < 4.78 is 5.40. The molecule has 2 aromatic rings. The van der Waals surface area contributed by atoms with Gasteiger partial charge in [-0.2, -0.15) is 0 Å². The van der Waals surface area contributed by atoms with Crippen molar-refractivity contribution in [2.45, 2.75) is 27.2 Å². The van der Waals surface area contributed by atoms with Crippen molar-refractivity contribution in [1.29, 1.82) is 0 Å². The number of ether oxygens (including phenoxy) is 1. The molecular formula is C21H27N3O3. The first kappa shape index (κ1) is 20.3. The van der Waals surface area contributed by atoms with E-state index in [2.05, 4.69) is 5.32 Å². The Hall–Kier alpha value is -3.02. The molecule has 6 nitrogen and oxygen atoms in total. The highest BCUT2D eigenvalue weighted by Crippen LogP contribution is 2.22. The summed E-state index contributed by atoms with van der Waals surface area (Å²) in [5.41, 5.74) is 8.21. The normalized spacial score (nSPS) is 10.3. The van der Waals surface area contributed by atoms with Gasteiger partial charge >= 0.3 is 0 Å². The third-order valence-corrected chi connectivity index (χ3v) is 4.22. The van der Waals surface area contributed by atoms with E-state index in [-0.39, 0.29) is 18.2 Å². The van der Waals surface area contributed by atoms with E-state index in [1.165, 1.54) is 0 Å². The molecule has 27 heavy (non-hydrogen) atoms. The van der Waals surface area contributed by atoms with E-state index in [9.17, 15) is 9.59 Å². The number of benzene rings is 2. The number of nitrogen functional groups attached to an aromatic ring is 1. The molecule has 0 heterocycles. The molecule has 0 aromatic heterocycles. The second-order valence-electron chi connectivity index (χ2n) is 6.08. The molecule has 0 saturated carbocycles. The molecule has 2 amide bonds. The topological polar surface area (TPSA) is 84.7 Å². The molecule has 0 saturated heterocycles. The maximum atomic E-state index is 12.5. The van der Waals surface area contributed by atoms with Crippen LogP contribution in [0, 0.1) is 0 Å². The lowest BCUT2D eigenvalue weighted by Crippen LogP contribution is -2.30. The lowest BCUT2D eigenvalue weighted by Gasteiger charge is -2.19. The van der Waals surface area contributed by atoms with Gasteiger partial charge in [-0.25, -0.2) is 0 Å². The molecule has 0 atom stereocenters. The van der Waals surface area contributed by atoms with Crippen LogP contribution >= 0.6 is 0 Å². The smallest absolute Gasteiger partial charge is 0.253 e. The molecule has 0 radical (unpaired) electrons. The van der Waals surface area contributed by atoms with Crippen LogP contribution in [-0.4, -0.2) is 36.4 Å². The van der Waals surface area contributed by atoms with Crippen LogP contribution < -0.4 is 15.8 Å². The largest absolute Gasteiger partial charge is 0.494 e. The maximum absolute atomic E-state index is 12.5. The molecule has 6 heteroatoms. The molecule has 0 unspecified atom stereocenters. The van der Waals surface area contributed by atoms with Crippen molar-refractivity contribution < 1.29 is 14.3 Å². The number of nitrogens with one attached hydrogen (secondary N) is 1. The third kappa shape index (κ3) is 5.48. The molecule has 144 valence electrons. The van der Waals surface area contributed by atoms with Crippen LogP contribution in [-0.2, 0) is 11.2 Å². The Morgan fingerprint density at radius 3 is 2.30 bits per heavy atom. The third-order valence-electron chi connectivity index (χ3n) is 4.22. The Kier molecular flexibility index (Phi) is 7.23. The summed E-state index contributed by atoms with van der Waals surface area (Å²) >= 11 is 0. The van der Waals surface area contributed by atoms with Crippen molar-refractivity contribution in [2.75, 3.05) is 30.7 Å². The minimum absolute atomic E-state index is 0.0815. The fourth-order valence-electron chi connectivity index (χ4n) is 2.74. The van der Waals surface area contributed by atoms with Crippen molar-refractivity contribution in [2.24, 2.45) is 0 Å². The average molecular weight is 369 g/mol. The van der Waals surface area contributed by atoms with E-state index in [1.807, 2.05) is 45.0 Å². The van der Waals surface area contributed by atoms with Gasteiger partial charge in [0.1, 0.15) is 5.75 Å². The average Bonchev–Trinajstić information content (AvgIpc) is 2.66. The van der Waals surface area contributed by atoms with E-state index in [1.54, 1.807) is 23.1 Å². The van der Waals surface area contributed by atoms with E-state index in [4.69, 9.17) is 10.5 Å². The fourth-order valence-corrected chi connectivity index (χ4v) is 2.74. The highest BCUT2D eigenvalue weighted by molar-refractivity contribution is 6.00. The Bertz CT molecular complexity index is 784. The van der Waals surface area contributed by atoms with Crippen LogP contribution in [0.2, 0.25) is 0 Å². The molecule has 0 aliphatic rings. The number of nitrogens with zero attached hydrogens (tertiary/aromatic N) is 1. The Morgan fingerprint density at radius 1 is 1.04 bits per heavy atom. The minimum Gasteiger partial charge on any atom is -0.494 e. The van der Waals surface area contributed by atoms with Crippen LogP contribution in [0.15, 0.2) is 42.5 Å². The zero-order chi connectivity index (χ0) is 19.8. The number of hydrogen-bond donors (Lipinski definition) is 2. The second kappa shape index (κ2) is 9.62. The predicted molar refractivity (Wildman–Crippen MR) is 108 cm³/mol. The summed E-state index contributed by atoms with van der Waals surface area (Å²) in [6.07, 6.45) is 0.208. The number of nitrogens with two attached hydrogens (primary N) is 1. The first-order chi connectivity index (χ1) is 13.0. The van der Waals surface area contributed by atoms with Crippen LogP contribution in [0.3, 0.4) is 0 Å². The molecule has 0 bridgehead atoms. The zero-order valence-electron chi connectivity index (χ0n) is 16.1. The molecule has 0 fully saturated rings.